The van der Waals surface area contributed by atoms with Crippen LogP contribution in [0, 0.1) is 6.92 Å². The van der Waals surface area contributed by atoms with Crippen LogP contribution in [0.5, 0.6) is 0 Å². The molecule has 0 fully saturated rings. The second kappa shape index (κ2) is 4.28. The molecule has 0 bridgehead atoms. The van der Waals surface area contributed by atoms with Gasteiger partial charge in [0.15, 0.2) is 6.29 Å². The van der Waals surface area contributed by atoms with E-state index < -0.39 is 0 Å². The molecule has 0 aliphatic heterocycles. The van der Waals surface area contributed by atoms with Crippen LogP contribution in [-0.2, 0) is 0 Å². The van der Waals surface area contributed by atoms with Crippen LogP contribution in [0.1, 0.15) is 16.2 Å². The number of carbonyl (C=O) groups is 1. The third kappa shape index (κ3) is 1.96. The molecule has 0 radical (unpaired) electrons. The zero-order valence-electron chi connectivity index (χ0n) is 8.45. The van der Waals surface area contributed by atoms with Crippen molar-refractivity contribution in [1.29, 1.82) is 0 Å². The van der Waals surface area contributed by atoms with Crippen LogP contribution in [0.2, 0.25) is 10.0 Å². The van der Waals surface area contributed by atoms with Crippen molar-refractivity contribution < 1.29 is 4.79 Å². The van der Waals surface area contributed by atoms with Gasteiger partial charge in [0.1, 0.15) is 5.69 Å². The van der Waals surface area contributed by atoms with Crippen molar-refractivity contribution in [2.75, 3.05) is 0 Å². The molecule has 0 spiro atoms. The van der Waals surface area contributed by atoms with Gasteiger partial charge in [-0.1, -0.05) is 23.2 Å². The third-order valence-corrected chi connectivity index (χ3v) is 2.66. The van der Waals surface area contributed by atoms with Gasteiger partial charge in [0, 0.05) is 5.02 Å². The van der Waals surface area contributed by atoms with Crippen molar-refractivity contribution in [3.63, 3.8) is 0 Å². The van der Waals surface area contributed by atoms with Crippen LogP contribution in [-0.4, -0.2) is 16.1 Å². The molecule has 0 saturated heterocycles. The van der Waals surface area contributed by atoms with Crippen molar-refractivity contribution in [3.05, 3.63) is 45.7 Å². The molecule has 0 amide bonds. The van der Waals surface area contributed by atoms with E-state index >= 15 is 0 Å². The van der Waals surface area contributed by atoms with E-state index in [9.17, 15) is 4.79 Å². The lowest BCUT2D eigenvalue weighted by Crippen LogP contribution is -2.01. The highest BCUT2D eigenvalue weighted by atomic mass is 35.5. The normalized spacial score (nSPS) is 10.4. The molecule has 82 valence electrons. The van der Waals surface area contributed by atoms with Gasteiger partial charge in [0.05, 0.1) is 16.4 Å². The monoisotopic (exact) mass is 254 g/mol. The molecule has 1 aromatic carbocycles. The Bertz CT molecular complexity index is 549. The number of halogens is 2. The first-order valence-electron chi connectivity index (χ1n) is 4.59. The maximum absolute atomic E-state index is 10.9. The van der Waals surface area contributed by atoms with Crippen LogP contribution < -0.4 is 0 Å². The Morgan fingerprint density at radius 3 is 2.69 bits per heavy atom. The van der Waals surface area contributed by atoms with Crippen molar-refractivity contribution >= 4 is 29.5 Å². The molecule has 2 rings (SSSR count). The van der Waals surface area contributed by atoms with E-state index in [0.29, 0.717) is 21.4 Å². The van der Waals surface area contributed by atoms with Crippen LogP contribution in [0.15, 0.2) is 24.3 Å². The van der Waals surface area contributed by atoms with Crippen LogP contribution in [0.25, 0.3) is 5.69 Å². The predicted molar refractivity (Wildman–Crippen MR) is 63.7 cm³/mol. The van der Waals surface area contributed by atoms with Gasteiger partial charge >= 0.3 is 0 Å². The van der Waals surface area contributed by atoms with Crippen LogP contribution in [0.3, 0.4) is 0 Å². The molecule has 0 aliphatic carbocycles. The predicted octanol–water partition coefficient (Wildman–Crippen LogP) is 3.30. The van der Waals surface area contributed by atoms with Gasteiger partial charge in [-0.25, -0.2) is 4.68 Å². The van der Waals surface area contributed by atoms with Gasteiger partial charge in [-0.15, -0.1) is 0 Å². The summed E-state index contributed by atoms with van der Waals surface area (Å²) >= 11 is 11.8. The quantitative estimate of drug-likeness (QED) is 0.771. The van der Waals surface area contributed by atoms with Gasteiger partial charge in [-0.3, -0.25) is 4.79 Å². The minimum Gasteiger partial charge on any atom is -0.296 e. The van der Waals surface area contributed by atoms with E-state index in [0.717, 1.165) is 12.0 Å². The van der Waals surface area contributed by atoms with Gasteiger partial charge in [0.25, 0.3) is 0 Å². The Morgan fingerprint density at radius 1 is 1.31 bits per heavy atom. The fraction of sp³-hybridized carbons (Fsp3) is 0.0909. The number of rotatable bonds is 2. The molecule has 0 aliphatic rings. The summed E-state index contributed by atoms with van der Waals surface area (Å²) in [6, 6.07) is 6.74. The number of aromatic nitrogens is 2. The molecule has 5 heteroatoms. The fourth-order valence-electron chi connectivity index (χ4n) is 1.45. The Balaban J connectivity index is 2.62. The molecule has 1 heterocycles. The molecule has 16 heavy (non-hydrogen) atoms. The second-order valence-electron chi connectivity index (χ2n) is 3.34. The third-order valence-electron chi connectivity index (χ3n) is 2.12. The number of nitrogens with zero attached hydrogens (tertiary/aromatic N) is 2. The van der Waals surface area contributed by atoms with E-state index in [4.69, 9.17) is 23.2 Å². The van der Waals surface area contributed by atoms with E-state index in [1.807, 2.05) is 6.92 Å². The zero-order chi connectivity index (χ0) is 11.7. The molecule has 0 unspecified atom stereocenters. The number of benzene rings is 1. The molecule has 1 aromatic heterocycles. The molecule has 0 N–H and O–H groups in total. The summed E-state index contributed by atoms with van der Waals surface area (Å²) in [5.74, 6) is 0. The largest absolute Gasteiger partial charge is 0.296 e. The first-order valence-corrected chi connectivity index (χ1v) is 5.34. The molecule has 3 nitrogen and oxygen atoms in total. The minimum absolute atomic E-state index is 0.457. The summed E-state index contributed by atoms with van der Waals surface area (Å²) in [7, 11) is 0. The first-order chi connectivity index (χ1) is 7.61. The van der Waals surface area contributed by atoms with Crippen molar-refractivity contribution in [2.24, 2.45) is 0 Å². The van der Waals surface area contributed by atoms with Gasteiger partial charge in [-0.2, -0.15) is 5.10 Å². The molecular weight excluding hydrogens is 247 g/mol. The Hall–Kier alpha value is -1.32. The molecular formula is C11H8Cl2N2O. The fourth-order valence-corrected chi connectivity index (χ4v) is 1.94. The lowest BCUT2D eigenvalue weighted by atomic mass is 10.3. The SMILES string of the molecule is Cc1cc(C=O)n(-c2ccc(Cl)cc2Cl)n1. The highest BCUT2D eigenvalue weighted by Gasteiger charge is 2.10. The number of hydrogen-bond acceptors (Lipinski definition) is 2. The van der Waals surface area contributed by atoms with E-state index in [1.165, 1.54) is 4.68 Å². The number of carbonyl (C=O) groups excluding carboxylic acids is 1. The van der Waals surface area contributed by atoms with E-state index in [2.05, 4.69) is 5.10 Å². The van der Waals surface area contributed by atoms with E-state index in [-0.39, 0.29) is 0 Å². The zero-order valence-corrected chi connectivity index (χ0v) is 9.96. The summed E-state index contributed by atoms with van der Waals surface area (Å²) in [5.41, 5.74) is 1.86. The summed E-state index contributed by atoms with van der Waals surface area (Å²) in [5, 5.41) is 5.20. The number of hydrogen-bond donors (Lipinski definition) is 0. The highest BCUT2D eigenvalue weighted by Crippen LogP contribution is 2.24. The molecule has 2 aromatic rings. The average Bonchev–Trinajstić information content (AvgIpc) is 2.59. The first kappa shape index (κ1) is 11.2. The van der Waals surface area contributed by atoms with Gasteiger partial charge in [-0.05, 0) is 31.2 Å². The summed E-state index contributed by atoms with van der Waals surface area (Å²) in [6.07, 6.45) is 0.741. The standard InChI is InChI=1S/C11H8Cl2N2O/c1-7-4-9(6-16)15(14-7)11-3-2-8(12)5-10(11)13/h2-6H,1H3. The highest BCUT2D eigenvalue weighted by molar-refractivity contribution is 6.35. The second-order valence-corrected chi connectivity index (χ2v) is 4.18. The summed E-state index contributed by atoms with van der Waals surface area (Å²) in [6.45, 7) is 1.81. The summed E-state index contributed by atoms with van der Waals surface area (Å²) in [4.78, 5) is 10.9. The Labute approximate surface area is 103 Å². The maximum atomic E-state index is 10.9. The number of aryl methyl sites for hydroxylation is 1. The van der Waals surface area contributed by atoms with Gasteiger partial charge in [0.2, 0.25) is 0 Å². The minimum atomic E-state index is 0.457. The van der Waals surface area contributed by atoms with Gasteiger partial charge < -0.3 is 0 Å². The topological polar surface area (TPSA) is 34.9 Å². The van der Waals surface area contributed by atoms with Crippen LogP contribution in [0.4, 0.5) is 0 Å². The molecule has 0 atom stereocenters. The van der Waals surface area contributed by atoms with Crippen LogP contribution >= 0.6 is 23.2 Å². The lowest BCUT2D eigenvalue weighted by molar-refractivity contribution is 0.111. The number of aldehydes is 1. The Morgan fingerprint density at radius 2 is 2.06 bits per heavy atom. The van der Waals surface area contributed by atoms with E-state index in [1.54, 1.807) is 24.3 Å². The molecule has 0 saturated carbocycles. The smallest absolute Gasteiger partial charge is 0.168 e. The average molecular weight is 255 g/mol. The van der Waals surface area contributed by atoms with Crippen molar-refractivity contribution in [3.8, 4) is 5.69 Å². The lowest BCUT2D eigenvalue weighted by Gasteiger charge is -2.06. The maximum Gasteiger partial charge on any atom is 0.168 e. The summed E-state index contributed by atoms with van der Waals surface area (Å²) < 4.78 is 1.50. The Kier molecular flexibility index (Phi) is 2.99. The van der Waals surface area contributed by atoms with Crippen molar-refractivity contribution in [2.45, 2.75) is 6.92 Å². The van der Waals surface area contributed by atoms with Crippen molar-refractivity contribution in [1.82, 2.24) is 9.78 Å².